The molecule has 6 nitrogen and oxygen atoms in total. The maximum absolute atomic E-state index is 14.0. The number of amides is 3. The molecule has 1 aliphatic rings. The van der Waals surface area contributed by atoms with Crippen molar-refractivity contribution in [1.29, 1.82) is 0 Å². The standard InChI is InChI=1S/C31H29N3O3/c1-21-9-6-12-23(17-21)19-33(27(30(36)32-2)18-22-10-4-3-5-11-22)28(35)20-34-26-16-8-14-24-13-7-15-25(29(24)26)31(34)37/h3-17,27H,18-20H2,1-2H3,(H,32,36)/t27-/m1/s1. The van der Waals surface area contributed by atoms with Crippen LogP contribution >= 0.6 is 0 Å². The highest BCUT2D eigenvalue weighted by Crippen LogP contribution is 2.37. The van der Waals surface area contributed by atoms with Crippen molar-refractivity contribution in [3.8, 4) is 0 Å². The molecule has 0 saturated heterocycles. The summed E-state index contributed by atoms with van der Waals surface area (Å²) in [6.07, 6.45) is 0.363. The van der Waals surface area contributed by atoms with Crippen molar-refractivity contribution in [2.45, 2.75) is 25.9 Å². The van der Waals surface area contributed by atoms with Crippen LogP contribution in [0, 0.1) is 6.92 Å². The first-order valence-corrected chi connectivity index (χ1v) is 12.4. The first-order valence-electron chi connectivity index (χ1n) is 12.4. The zero-order valence-electron chi connectivity index (χ0n) is 21.0. The van der Waals surface area contributed by atoms with Crippen LogP contribution in [-0.4, -0.2) is 42.3 Å². The molecule has 1 N–H and O–H groups in total. The first kappa shape index (κ1) is 24.3. The summed E-state index contributed by atoms with van der Waals surface area (Å²) in [6.45, 7) is 2.10. The Bertz CT molecular complexity index is 1480. The molecule has 0 unspecified atom stereocenters. The quantitative estimate of drug-likeness (QED) is 0.395. The van der Waals surface area contributed by atoms with E-state index in [1.807, 2.05) is 91.9 Å². The van der Waals surface area contributed by atoms with E-state index < -0.39 is 6.04 Å². The summed E-state index contributed by atoms with van der Waals surface area (Å²) in [5.41, 5.74) is 4.27. The van der Waals surface area contributed by atoms with Crippen LogP contribution in [-0.2, 0) is 22.6 Å². The van der Waals surface area contributed by atoms with Gasteiger partial charge in [0.25, 0.3) is 5.91 Å². The molecule has 0 radical (unpaired) electrons. The Kier molecular flexibility index (Phi) is 6.73. The van der Waals surface area contributed by atoms with E-state index in [2.05, 4.69) is 5.32 Å². The second-order valence-electron chi connectivity index (χ2n) is 9.40. The van der Waals surface area contributed by atoms with Crippen molar-refractivity contribution >= 4 is 34.2 Å². The number of carbonyl (C=O) groups excluding carboxylic acids is 3. The second-order valence-corrected chi connectivity index (χ2v) is 9.40. The Morgan fingerprint density at radius 2 is 1.59 bits per heavy atom. The van der Waals surface area contributed by atoms with Crippen LogP contribution in [0.25, 0.3) is 10.8 Å². The molecule has 5 rings (SSSR count). The topological polar surface area (TPSA) is 69.7 Å². The molecule has 1 heterocycles. The van der Waals surface area contributed by atoms with E-state index in [4.69, 9.17) is 0 Å². The number of aryl methyl sites for hydroxylation is 1. The fraction of sp³-hybridized carbons (Fsp3) is 0.194. The van der Waals surface area contributed by atoms with E-state index in [0.29, 0.717) is 12.0 Å². The molecule has 4 aromatic rings. The highest BCUT2D eigenvalue weighted by molar-refractivity contribution is 6.26. The van der Waals surface area contributed by atoms with Crippen molar-refractivity contribution in [3.63, 3.8) is 0 Å². The predicted molar refractivity (Wildman–Crippen MR) is 145 cm³/mol. The molecule has 4 aromatic carbocycles. The Balaban J connectivity index is 1.50. The highest BCUT2D eigenvalue weighted by Gasteiger charge is 2.35. The van der Waals surface area contributed by atoms with Gasteiger partial charge in [0.1, 0.15) is 12.6 Å². The summed E-state index contributed by atoms with van der Waals surface area (Å²) < 4.78 is 0. The predicted octanol–water partition coefficient (Wildman–Crippen LogP) is 4.49. The minimum absolute atomic E-state index is 0.152. The number of likely N-dealkylation sites (N-methyl/N-ethyl adjacent to an activating group) is 1. The third kappa shape index (κ3) is 4.83. The lowest BCUT2D eigenvalue weighted by atomic mass is 10.0. The number of benzene rings is 4. The lowest BCUT2D eigenvalue weighted by Gasteiger charge is -2.32. The highest BCUT2D eigenvalue weighted by atomic mass is 16.2. The van der Waals surface area contributed by atoms with E-state index in [9.17, 15) is 14.4 Å². The molecule has 0 spiro atoms. The summed E-state index contributed by atoms with van der Waals surface area (Å²) in [5, 5.41) is 4.56. The lowest BCUT2D eigenvalue weighted by Crippen LogP contribution is -2.52. The number of nitrogens with zero attached hydrogens (tertiary/aromatic N) is 2. The number of hydrogen-bond donors (Lipinski definition) is 1. The molecule has 6 heteroatoms. The van der Waals surface area contributed by atoms with Crippen molar-refractivity contribution in [2.24, 2.45) is 0 Å². The molecule has 0 aromatic heterocycles. The third-order valence-electron chi connectivity index (χ3n) is 6.90. The SMILES string of the molecule is CNC(=O)[C@@H](Cc1ccccc1)N(Cc1cccc(C)c1)C(=O)CN1C(=O)c2cccc3cccc1c23. The van der Waals surface area contributed by atoms with Gasteiger partial charge in [0, 0.05) is 31.0 Å². The van der Waals surface area contributed by atoms with Crippen LogP contribution in [0.5, 0.6) is 0 Å². The smallest absolute Gasteiger partial charge is 0.259 e. The zero-order valence-corrected chi connectivity index (χ0v) is 21.0. The summed E-state index contributed by atoms with van der Waals surface area (Å²) >= 11 is 0. The molecular formula is C31H29N3O3. The number of nitrogens with one attached hydrogen (secondary N) is 1. The summed E-state index contributed by atoms with van der Waals surface area (Å²) in [7, 11) is 1.58. The lowest BCUT2D eigenvalue weighted by molar-refractivity contribution is -0.140. The van der Waals surface area contributed by atoms with Gasteiger partial charge in [-0.3, -0.25) is 19.3 Å². The fourth-order valence-electron chi connectivity index (χ4n) is 5.09. The Hall–Kier alpha value is -4.45. The largest absolute Gasteiger partial charge is 0.357 e. The zero-order chi connectivity index (χ0) is 25.9. The van der Waals surface area contributed by atoms with Crippen molar-refractivity contribution in [3.05, 3.63) is 113 Å². The third-order valence-corrected chi connectivity index (χ3v) is 6.90. The average molecular weight is 492 g/mol. The summed E-state index contributed by atoms with van der Waals surface area (Å²) in [5.74, 6) is -0.734. The number of anilines is 1. The molecule has 0 bridgehead atoms. The molecule has 37 heavy (non-hydrogen) atoms. The molecule has 1 atom stereocenters. The van der Waals surface area contributed by atoms with E-state index >= 15 is 0 Å². The first-order chi connectivity index (χ1) is 18.0. The molecule has 0 aliphatic carbocycles. The van der Waals surface area contributed by atoms with E-state index in [1.165, 1.54) is 4.90 Å². The maximum atomic E-state index is 14.0. The average Bonchev–Trinajstić information content (AvgIpc) is 3.18. The van der Waals surface area contributed by atoms with Crippen molar-refractivity contribution in [2.75, 3.05) is 18.5 Å². The van der Waals surface area contributed by atoms with Crippen LogP contribution < -0.4 is 10.2 Å². The monoisotopic (exact) mass is 491 g/mol. The van der Waals surface area contributed by atoms with Crippen molar-refractivity contribution in [1.82, 2.24) is 10.2 Å². The van der Waals surface area contributed by atoms with Gasteiger partial charge in [0.15, 0.2) is 0 Å². The van der Waals surface area contributed by atoms with Gasteiger partial charge < -0.3 is 10.2 Å². The molecular weight excluding hydrogens is 462 g/mol. The Morgan fingerprint density at radius 3 is 2.32 bits per heavy atom. The van der Waals surface area contributed by atoms with E-state index in [-0.39, 0.29) is 30.8 Å². The number of hydrogen-bond acceptors (Lipinski definition) is 3. The van der Waals surface area contributed by atoms with E-state index in [1.54, 1.807) is 18.0 Å². The molecule has 3 amide bonds. The van der Waals surface area contributed by atoms with Gasteiger partial charge in [0.2, 0.25) is 11.8 Å². The molecule has 0 fully saturated rings. The van der Waals surface area contributed by atoms with Crippen LogP contribution in [0.15, 0.2) is 91.0 Å². The normalized spacial score (nSPS) is 13.0. The number of rotatable bonds is 8. The number of carbonyl (C=O) groups is 3. The molecule has 1 aliphatic heterocycles. The van der Waals surface area contributed by atoms with Crippen LogP contribution in [0.2, 0.25) is 0 Å². The molecule has 186 valence electrons. The fourth-order valence-corrected chi connectivity index (χ4v) is 5.09. The van der Waals surface area contributed by atoms with E-state index in [0.717, 1.165) is 33.2 Å². The Morgan fingerprint density at radius 1 is 0.892 bits per heavy atom. The van der Waals surface area contributed by atoms with Gasteiger partial charge in [-0.25, -0.2) is 0 Å². The summed E-state index contributed by atoms with van der Waals surface area (Å²) in [4.78, 5) is 43.7. The maximum Gasteiger partial charge on any atom is 0.259 e. The second kappa shape index (κ2) is 10.3. The minimum atomic E-state index is -0.740. The van der Waals surface area contributed by atoms with Gasteiger partial charge in [0.05, 0.1) is 5.69 Å². The van der Waals surface area contributed by atoms with Gasteiger partial charge in [-0.05, 0) is 35.6 Å². The van der Waals surface area contributed by atoms with Crippen LogP contribution in [0.1, 0.15) is 27.0 Å². The summed E-state index contributed by atoms with van der Waals surface area (Å²) in [6, 6.07) is 28.2. The van der Waals surface area contributed by atoms with Gasteiger partial charge in [-0.2, -0.15) is 0 Å². The molecule has 0 saturated carbocycles. The van der Waals surface area contributed by atoms with Crippen molar-refractivity contribution < 1.29 is 14.4 Å². The Labute approximate surface area is 216 Å². The van der Waals surface area contributed by atoms with Crippen LogP contribution in [0.4, 0.5) is 5.69 Å². The van der Waals surface area contributed by atoms with Gasteiger partial charge >= 0.3 is 0 Å². The minimum Gasteiger partial charge on any atom is -0.357 e. The van der Waals surface area contributed by atoms with Crippen LogP contribution in [0.3, 0.4) is 0 Å². The van der Waals surface area contributed by atoms with Gasteiger partial charge in [-0.15, -0.1) is 0 Å². The van der Waals surface area contributed by atoms with Gasteiger partial charge in [-0.1, -0.05) is 84.4 Å².